The topological polar surface area (TPSA) is 0 Å². The van der Waals surface area contributed by atoms with Crippen LogP contribution in [0.25, 0.3) is 0 Å². The third kappa shape index (κ3) is 5.40. The van der Waals surface area contributed by atoms with Crippen LogP contribution in [0, 0.1) is 11.8 Å². The molecule has 0 radical (unpaired) electrons. The lowest BCUT2D eigenvalue weighted by molar-refractivity contribution is 0.343. The van der Waals surface area contributed by atoms with Crippen molar-refractivity contribution in [3.63, 3.8) is 0 Å². The van der Waals surface area contributed by atoms with E-state index in [2.05, 4.69) is 39.8 Å². The molecule has 0 aromatic carbocycles. The van der Waals surface area contributed by atoms with Crippen LogP contribution in [0.3, 0.4) is 0 Å². The molecule has 2 unspecified atom stereocenters. The van der Waals surface area contributed by atoms with Gasteiger partial charge >= 0.3 is 0 Å². The highest BCUT2D eigenvalue weighted by molar-refractivity contribution is 4.78. The van der Waals surface area contributed by atoms with Crippen molar-refractivity contribution >= 4 is 0 Å². The minimum absolute atomic E-state index is 0.890. The number of hydrogen-bond donors (Lipinski definition) is 0. The molecule has 0 heterocycles. The van der Waals surface area contributed by atoms with Gasteiger partial charge < -0.3 is 0 Å². The summed E-state index contributed by atoms with van der Waals surface area (Å²) in [6.07, 6.45) is 9.75. The van der Waals surface area contributed by atoms with E-state index in [0.29, 0.717) is 0 Å². The van der Waals surface area contributed by atoms with Gasteiger partial charge in [-0.15, -0.1) is 0 Å². The van der Waals surface area contributed by atoms with Crippen LogP contribution >= 0.6 is 0 Å². The molecule has 12 heavy (non-hydrogen) atoms. The molecule has 0 saturated heterocycles. The largest absolute Gasteiger partial charge is 0.0917 e. The molecule has 72 valence electrons. The molecule has 0 saturated carbocycles. The maximum Gasteiger partial charge on any atom is -0.0348 e. The Balaban J connectivity index is 3.48. The SMILES string of the molecule is CC=CCCC(C)C(C)CCC. The predicted octanol–water partition coefficient (Wildman–Crippen LogP) is 4.42. The van der Waals surface area contributed by atoms with Gasteiger partial charge in [-0.3, -0.25) is 0 Å². The van der Waals surface area contributed by atoms with E-state index in [-0.39, 0.29) is 0 Å². The zero-order valence-electron chi connectivity index (χ0n) is 9.14. The van der Waals surface area contributed by atoms with Crippen molar-refractivity contribution in [2.45, 2.75) is 53.4 Å². The molecule has 0 aromatic heterocycles. The van der Waals surface area contributed by atoms with Crippen molar-refractivity contribution in [1.29, 1.82) is 0 Å². The summed E-state index contributed by atoms with van der Waals surface area (Å²) in [6.45, 7) is 9.13. The van der Waals surface area contributed by atoms with Crippen LogP contribution in [0.4, 0.5) is 0 Å². The van der Waals surface area contributed by atoms with Crippen molar-refractivity contribution < 1.29 is 0 Å². The second kappa shape index (κ2) is 7.39. The van der Waals surface area contributed by atoms with Gasteiger partial charge in [0, 0.05) is 0 Å². The summed E-state index contributed by atoms with van der Waals surface area (Å²) in [6, 6.07) is 0. The van der Waals surface area contributed by atoms with Gasteiger partial charge in [0.25, 0.3) is 0 Å². The molecule has 2 atom stereocenters. The minimum atomic E-state index is 0.890. The first-order valence-electron chi connectivity index (χ1n) is 5.33. The van der Waals surface area contributed by atoms with Gasteiger partial charge in [-0.05, 0) is 31.6 Å². The number of hydrogen-bond acceptors (Lipinski definition) is 0. The Bertz CT molecular complexity index is 113. The normalized spacial score (nSPS) is 16.7. The maximum absolute atomic E-state index is 2.38. The summed E-state index contributed by atoms with van der Waals surface area (Å²) < 4.78 is 0. The molecule has 0 N–H and O–H groups in total. The average molecular weight is 168 g/mol. The lowest BCUT2D eigenvalue weighted by atomic mass is 9.88. The fraction of sp³-hybridized carbons (Fsp3) is 0.833. The van der Waals surface area contributed by atoms with Crippen LogP contribution in [0.1, 0.15) is 53.4 Å². The molecule has 0 fully saturated rings. The summed E-state index contributed by atoms with van der Waals surface area (Å²) in [5.74, 6) is 1.79. The number of allylic oxidation sites excluding steroid dienone is 2. The Labute approximate surface area is 78.1 Å². The fourth-order valence-electron chi connectivity index (χ4n) is 1.55. The van der Waals surface area contributed by atoms with Crippen LogP contribution in [0.5, 0.6) is 0 Å². The van der Waals surface area contributed by atoms with Gasteiger partial charge in [0.1, 0.15) is 0 Å². The summed E-state index contributed by atoms with van der Waals surface area (Å²) in [7, 11) is 0. The highest BCUT2D eigenvalue weighted by Crippen LogP contribution is 2.21. The first kappa shape index (κ1) is 11.7. The van der Waals surface area contributed by atoms with Gasteiger partial charge in [-0.2, -0.15) is 0 Å². The third-order valence-electron chi connectivity index (χ3n) is 2.74. The fourth-order valence-corrected chi connectivity index (χ4v) is 1.55. The zero-order chi connectivity index (χ0) is 9.40. The van der Waals surface area contributed by atoms with E-state index in [0.717, 1.165) is 11.8 Å². The molecule has 0 bridgehead atoms. The quantitative estimate of drug-likeness (QED) is 0.515. The van der Waals surface area contributed by atoms with Gasteiger partial charge in [-0.1, -0.05) is 45.8 Å². The van der Waals surface area contributed by atoms with E-state index in [1.165, 1.54) is 25.7 Å². The molecular weight excluding hydrogens is 144 g/mol. The van der Waals surface area contributed by atoms with Gasteiger partial charge in [-0.25, -0.2) is 0 Å². The predicted molar refractivity (Wildman–Crippen MR) is 57.3 cm³/mol. The van der Waals surface area contributed by atoms with Crippen LogP contribution < -0.4 is 0 Å². The lowest BCUT2D eigenvalue weighted by Crippen LogP contribution is -2.06. The van der Waals surface area contributed by atoms with Crippen LogP contribution in [0.2, 0.25) is 0 Å². The molecule has 0 rings (SSSR count). The molecule has 0 aliphatic rings. The molecular formula is C12H24. The van der Waals surface area contributed by atoms with E-state index in [1.54, 1.807) is 0 Å². The van der Waals surface area contributed by atoms with E-state index < -0.39 is 0 Å². The smallest absolute Gasteiger partial charge is 0.0348 e. The Morgan fingerprint density at radius 3 is 2.17 bits per heavy atom. The van der Waals surface area contributed by atoms with Crippen molar-refractivity contribution in [3.8, 4) is 0 Å². The molecule has 0 amide bonds. The summed E-state index contributed by atoms with van der Waals surface area (Å²) >= 11 is 0. The molecule has 0 aliphatic heterocycles. The van der Waals surface area contributed by atoms with Crippen molar-refractivity contribution in [1.82, 2.24) is 0 Å². The average Bonchev–Trinajstić information content (AvgIpc) is 2.05. The highest BCUT2D eigenvalue weighted by atomic mass is 14.1. The van der Waals surface area contributed by atoms with E-state index in [4.69, 9.17) is 0 Å². The Morgan fingerprint density at radius 2 is 1.67 bits per heavy atom. The first-order valence-corrected chi connectivity index (χ1v) is 5.33. The second-order valence-corrected chi connectivity index (χ2v) is 3.89. The molecule has 0 heteroatoms. The molecule has 0 nitrogen and oxygen atoms in total. The van der Waals surface area contributed by atoms with Crippen LogP contribution in [-0.4, -0.2) is 0 Å². The van der Waals surface area contributed by atoms with E-state index >= 15 is 0 Å². The van der Waals surface area contributed by atoms with Gasteiger partial charge in [0.05, 0.1) is 0 Å². The molecule has 0 spiro atoms. The summed E-state index contributed by atoms with van der Waals surface area (Å²) in [4.78, 5) is 0. The monoisotopic (exact) mass is 168 g/mol. The Hall–Kier alpha value is -0.260. The van der Waals surface area contributed by atoms with Crippen molar-refractivity contribution in [3.05, 3.63) is 12.2 Å². The van der Waals surface area contributed by atoms with E-state index in [9.17, 15) is 0 Å². The van der Waals surface area contributed by atoms with Crippen molar-refractivity contribution in [2.75, 3.05) is 0 Å². The first-order chi connectivity index (χ1) is 5.72. The zero-order valence-corrected chi connectivity index (χ0v) is 9.14. The molecule has 0 aromatic rings. The third-order valence-corrected chi connectivity index (χ3v) is 2.74. The Kier molecular flexibility index (Phi) is 7.23. The van der Waals surface area contributed by atoms with Gasteiger partial charge in [0.2, 0.25) is 0 Å². The minimum Gasteiger partial charge on any atom is -0.0917 e. The van der Waals surface area contributed by atoms with E-state index in [1.807, 2.05) is 0 Å². The molecule has 0 aliphatic carbocycles. The summed E-state index contributed by atoms with van der Waals surface area (Å²) in [5, 5.41) is 0. The summed E-state index contributed by atoms with van der Waals surface area (Å²) in [5.41, 5.74) is 0. The van der Waals surface area contributed by atoms with Gasteiger partial charge in [0.15, 0.2) is 0 Å². The maximum atomic E-state index is 2.38. The standard InChI is InChI=1S/C12H24/c1-5-7-8-10-12(4)11(3)9-6-2/h5,7,11-12H,6,8-10H2,1-4H3. The highest BCUT2D eigenvalue weighted by Gasteiger charge is 2.09. The van der Waals surface area contributed by atoms with Crippen LogP contribution in [0.15, 0.2) is 12.2 Å². The second-order valence-electron chi connectivity index (χ2n) is 3.89. The lowest BCUT2D eigenvalue weighted by Gasteiger charge is -2.18. The Morgan fingerprint density at radius 1 is 1.08 bits per heavy atom. The van der Waals surface area contributed by atoms with Crippen molar-refractivity contribution in [2.24, 2.45) is 11.8 Å². The van der Waals surface area contributed by atoms with Crippen LogP contribution in [-0.2, 0) is 0 Å². The number of rotatable bonds is 6.